The molecule has 3 saturated heterocycles. The van der Waals surface area contributed by atoms with Crippen molar-refractivity contribution >= 4 is 23.4 Å². The normalized spacial score (nSPS) is 24.5. The van der Waals surface area contributed by atoms with Crippen LogP contribution in [0.1, 0.15) is 24.8 Å². The topological polar surface area (TPSA) is 79.4 Å². The average molecular weight is 430 g/mol. The second kappa shape index (κ2) is 9.26. The summed E-state index contributed by atoms with van der Waals surface area (Å²) in [5, 5.41) is 0. The van der Waals surface area contributed by atoms with E-state index in [0.717, 1.165) is 18.4 Å². The number of carbonyl (C=O) groups excluding carboxylic acids is 3. The fraction of sp³-hybridized carbons (Fsp3) is 0.609. The highest BCUT2D eigenvalue weighted by Gasteiger charge is 2.40. The molecule has 0 saturated carbocycles. The van der Waals surface area contributed by atoms with E-state index in [0.29, 0.717) is 57.4 Å². The van der Waals surface area contributed by atoms with Crippen LogP contribution in [0.15, 0.2) is 18.2 Å². The molecule has 2 unspecified atom stereocenters. The van der Waals surface area contributed by atoms with Crippen LogP contribution >= 0.6 is 0 Å². The number of nitrogens with zero attached hydrogens (tertiary/aromatic N) is 3. The van der Waals surface area contributed by atoms with Crippen molar-refractivity contribution in [3.8, 4) is 5.75 Å². The summed E-state index contributed by atoms with van der Waals surface area (Å²) in [4.78, 5) is 44.2. The molecule has 2 atom stereocenters. The number of aryl methyl sites for hydroxylation is 1. The molecule has 3 amide bonds. The van der Waals surface area contributed by atoms with Gasteiger partial charge in [0, 0.05) is 39.1 Å². The van der Waals surface area contributed by atoms with Gasteiger partial charge in [-0.25, -0.2) is 0 Å². The quantitative estimate of drug-likeness (QED) is 0.724. The van der Waals surface area contributed by atoms with E-state index in [9.17, 15) is 14.4 Å². The molecule has 0 aromatic heterocycles. The van der Waals surface area contributed by atoms with Gasteiger partial charge in [0.15, 0.2) is 0 Å². The molecule has 0 aliphatic carbocycles. The number of rotatable bonds is 4. The number of piperidine rings is 1. The van der Waals surface area contributed by atoms with Crippen LogP contribution in [0.5, 0.6) is 5.75 Å². The lowest BCUT2D eigenvalue weighted by Gasteiger charge is -2.37. The first-order chi connectivity index (χ1) is 15.0. The summed E-state index contributed by atoms with van der Waals surface area (Å²) in [5.41, 5.74) is 1.74. The van der Waals surface area contributed by atoms with Crippen LogP contribution in [-0.2, 0) is 19.1 Å². The molecule has 3 heterocycles. The molecule has 0 radical (unpaired) electrons. The van der Waals surface area contributed by atoms with Gasteiger partial charge >= 0.3 is 0 Å². The van der Waals surface area contributed by atoms with Crippen LogP contribution in [0.2, 0.25) is 0 Å². The van der Waals surface area contributed by atoms with Gasteiger partial charge in [-0.05, 0) is 37.5 Å². The lowest BCUT2D eigenvalue weighted by Crippen LogP contribution is -2.50. The van der Waals surface area contributed by atoms with Crippen molar-refractivity contribution in [3.63, 3.8) is 0 Å². The van der Waals surface area contributed by atoms with Crippen molar-refractivity contribution < 1.29 is 23.9 Å². The van der Waals surface area contributed by atoms with Crippen LogP contribution in [0.3, 0.4) is 0 Å². The molecule has 168 valence electrons. The number of carbonyl (C=O) groups is 3. The zero-order valence-corrected chi connectivity index (χ0v) is 18.3. The summed E-state index contributed by atoms with van der Waals surface area (Å²) in [7, 11) is 1.58. The second-order valence-electron chi connectivity index (χ2n) is 8.64. The molecular weight excluding hydrogens is 398 g/mol. The average Bonchev–Trinajstić information content (AvgIpc) is 3.20. The number of morpholine rings is 1. The minimum atomic E-state index is -0.394. The smallest absolute Gasteiger partial charge is 0.228 e. The highest BCUT2D eigenvalue weighted by Crippen LogP contribution is 2.35. The van der Waals surface area contributed by atoms with Gasteiger partial charge in [0.25, 0.3) is 0 Å². The zero-order valence-electron chi connectivity index (χ0n) is 18.3. The molecule has 1 aromatic carbocycles. The van der Waals surface area contributed by atoms with E-state index in [2.05, 4.69) is 0 Å². The first-order valence-corrected chi connectivity index (χ1v) is 11.1. The Balaban J connectivity index is 1.42. The predicted molar refractivity (Wildman–Crippen MR) is 115 cm³/mol. The molecule has 0 N–H and O–H groups in total. The van der Waals surface area contributed by atoms with E-state index in [1.165, 1.54) is 0 Å². The Kier molecular flexibility index (Phi) is 6.46. The number of anilines is 1. The molecule has 0 spiro atoms. The molecule has 1 aromatic rings. The molecule has 8 nitrogen and oxygen atoms in total. The highest BCUT2D eigenvalue weighted by atomic mass is 16.5. The summed E-state index contributed by atoms with van der Waals surface area (Å²) < 4.78 is 10.8. The number of ether oxygens (including phenoxy) is 2. The summed E-state index contributed by atoms with van der Waals surface area (Å²) in [6, 6.07) is 5.70. The zero-order chi connectivity index (χ0) is 22.0. The van der Waals surface area contributed by atoms with Crippen LogP contribution in [0.4, 0.5) is 5.69 Å². The Morgan fingerprint density at radius 1 is 1.03 bits per heavy atom. The molecule has 3 aliphatic heterocycles. The first-order valence-electron chi connectivity index (χ1n) is 11.1. The van der Waals surface area contributed by atoms with E-state index < -0.39 is 5.92 Å². The number of benzene rings is 1. The van der Waals surface area contributed by atoms with Gasteiger partial charge in [0.05, 0.1) is 37.8 Å². The van der Waals surface area contributed by atoms with Crippen molar-refractivity contribution in [1.29, 1.82) is 0 Å². The predicted octanol–water partition coefficient (Wildman–Crippen LogP) is 1.45. The minimum absolute atomic E-state index is 0.0260. The van der Waals surface area contributed by atoms with Crippen molar-refractivity contribution in [1.82, 2.24) is 9.80 Å². The van der Waals surface area contributed by atoms with Crippen LogP contribution in [0, 0.1) is 18.8 Å². The van der Waals surface area contributed by atoms with Crippen molar-refractivity contribution in [3.05, 3.63) is 23.8 Å². The maximum absolute atomic E-state index is 13.3. The third-order valence-corrected chi connectivity index (χ3v) is 6.50. The number of hydrogen-bond acceptors (Lipinski definition) is 5. The lowest BCUT2D eigenvalue weighted by atomic mass is 9.94. The van der Waals surface area contributed by atoms with E-state index in [1.807, 2.05) is 30.0 Å². The lowest BCUT2D eigenvalue weighted by molar-refractivity contribution is -0.145. The third kappa shape index (κ3) is 4.54. The summed E-state index contributed by atoms with van der Waals surface area (Å²) in [6.07, 6.45) is 1.80. The Morgan fingerprint density at radius 2 is 1.77 bits per heavy atom. The SMILES string of the molecule is COc1ccc(C)cc1N1CC(C(=O)N2CCCC(C(=O)N3CCOCC3)C2)CC1=O. The van der Waals surface area contributed by atoms with Gasteiger partial charge in [0.2, 0.25) is 17.7 Å². The van der Waals surface area contributed by atoms with Crippen molar-refractivity contribution in [2.75, 3.05) is 57.9 Å². The van der Waals surface area contributed by atoms with Gasteiger partial charge in [0.1, 0.15) is 5.75 Å². The molecular formula is C23H31N3O5. The first kappa shape index (κ1) is 21.6. The van der Waals surface area contributed by atoms with E-state index >= 15 is 0 Å². The van der Waals surface area contributed by atoms with E-state index in [4.69, 9.17) is 9.47 Å². The highest BCUT2D eigenvalue weighted by molar-refractivity contribution is 6.01. The molecule has 0 bridgehead atoms. The molecule has 8 heteroatoms. The number of hydrogen-bond donors (Lipinski definition) is 0. The van der Waals surface area contributed by atoms with Gasteiger partial charge in [-0.15, -0.1) is 0 Å². The summed E-state index contributed by atoms with van der Waals surface area (Å²) in [6.45, 7) is 5.77. The van der Waals surface area contributed by atoms with Gasteiger partial charge in [-0.3, -0.25) is 14.4 Å². The third-order valence-electron chi connectivity index (χ3n) is 6.50. The second-order valence-corrected chi connectivity index (χ2v) is 8.64. The Morgan fingerprint density at radius 3 is 2.52 bits per heavy atom. The molecule has 31 heavy (non-hydrogen) atoms. The van der Waals surface area contributed by atoms with Crippen LogP contribution < -0.4 is 9.64 Å². The maximum atomic E-state index is 13.3. The largest absolute Gasteiger partial charge is 0.495 e. The Hall–Kier alpha value is -2.61. The van der Waals surface area contributed by atoms with Gasteiger partial charge < -0.3 is 24.2 Å². The minimum Gasteiger partial charge on any atom is -0.495 e. The number of methoxy groups -OCH3 is 1. The Bertz CT molecular complexity index is 852. The van der Waals surface area contributed by atoms with E-state index in [-0.39, 0.29) is 30.1 Å². The number of likely N-dealkylation sites (tertiary alicyclic amines) is 1. The molecule has 4 rings (SSSR count). The van der Waals surface area contributed by atoms with Crippen LogP contribution in [0.25, 0.3) is 0 Å². The van der Waals surface area contributed by atoms with E-state index in [1.54, 1.807) is 16.9 Å². The fourth-order valence-corrected chi connectivity index (χ4v) is 4.80. The van der Waals surface area contributed by atoms with Crippen molar-refractivity contribution in [2.45, 2.75) is 26.2 Å². The summed E-state index contributed by atoms with van der Waals surface area (Å²) >= 11 is 0. The number of amides is 3. The fourth-order valence-electron chi connectivity index (χ4n) is 4.80. The van der Waals surface area contributed by atoms with Crippen LogP contribution in [-0.4, -0.2) is 80.6 Å². The monoisotopic (exact) mass is 429 g/mol. The summed E-state index contributed by atoms with van der Waals surface area (Å²) in [5.74, 6) is 0.0913. The Labute approximate surface area is 183 Å². The van der Waals surface area contributed by atoms with Gasteiger partial charge in [-0.2, -0.15) is 0 Å². The molecule has 3 fully saturated rings. The standard InChI is InChI=1S/C23H31N3O5/c1-16-5-6-20(30-2)19(12-16)26-15-18(13-21(26)27)23(29)25-7-3-4-17(14-25)22(28)24-8-10-31-11-9-24/h5-6,12,17-18H,3-4,7-11,13-15H2,1-2H3. The maximum Gasteiger partial charge on any atom is 0.228 e. The van der Waals surface area contributed by atoms with Crippen molar-refractivity contribution in [2.24, 2.45) is 11.8 Å². The molecule has 3 aliphatic rings. The van der Waals surface area contributed by atoms with Gasteiger partial charge in [-0.1, -0.05) is 6.07 Å².